The fraction of sp³-hybridized carbons (Fsp3) is 0.206. The van der Waals surface area contributed by atoms with Gasteiger partial charge in [0.1, 0.15) is 5.82 Å². The molecular weight excluding hydrogens is 436 g/mol. The van der Waals surface area contributed by atoms with Gasteiger partial charge < -0.3 is 4.90 Å². The zero-order chi connectivity index (χ0) is 25.1. The van der Waals surface area contributed by atoms with Crippen molar-refractivity contribution in [2.45, 2.75) is 46.1 Å². The molecule has 0 radical (unpaired) electrons. The van der Waals surface area contributed by atoms with Gasteiger partial charge in [-0.3, -0.25) is 0 Å². The second-order valence-electron chi connectivity index (χ2n) is 10.1. The molecule has 0 saturated heterocycles. The van der Waals surface area contributed by atoms with Gasteiger partial charge in [-0.05, 0) is 63.1 Å². The molecule has 0 aliphatic heterocycles. The van der Waals surface area contributed by atoms with Crippen molar-refractivity contribution in [1.29, 1.82) is 0 Å². The number of fused-ring (bicyclic) bond motifs is 1. The Balaban J connectivity index is 1.75. The number of hydrogen-bond donors (Lipinski definition) is 0. The molecule has 0 fully saturated rings. The first kappa shape index (κ1) is 23.8. The van der Waals surface area contributed by atoms with Crippen molar-refractivity contribution in [3.63, 3.8) is 0 Å². The van der Waals surface area contributed by atoms with Crippen molar-refractivity contribution < 1.29 is 0 Å². The lowest BCUT2D eigenvalue weighted by Crippen LogP contribution is -2.22. The van der Waals surface area contributed by atoms with E-state index in [9.17, 15) is 0 Å². The van der Waals surface area contributed by atoms with Crippen molar-refractivity contribution in [3.8, 4) is 11.1 Å². The fourth-order valence-electron chi connectivity index (χ4n) is 5.04. The summed E-state index contributed by atoms with van der Waals surface area (Å²) in [6.45, 7) is 9.89. The van der Waals surface area contributed by atoms with Crippen molar-refractivity contribution in [2.75, 3.05) is 4.90 Å². The highest BCUT2D eigenvalue weighted by Crippen LogP contribution is 2.42. The Morgan fingerprint density at radius 3 is 2.00 bits per heavy atom. The smallest absolute Gasteiger partial charge is 0.141 e. The maximum absolute atomic E-state index is 5.03. The summed E-state index contributed by atoms with van der Waals surface area (Å²) in [5.41, 5.74) is 7.59. The second kappa shape index (κ2) is 10.4. The first-order valence-electron chi connectivity index (χ1n) is 12.9. The summed E-state index contributed by atoms with van der Waals surface area (Å²) in [4.78, 5) is 7.48. The molecule has 180 valence electrons. The topological polar surface area (TPSA) is 16.1 Å². The lowest BCUT2D eigenvalue weighted by molar-refractivity contribution is 0.809. The van der Waals surface area contributed by atoms with Crippen LogP contribution in [0.4, 0.5) is 11.5 Å². The van der Waals surface area contributed by atoms with Gasteiger partial charge in [0.15, 0.2) is 0 Å². The Bertz CT molecular complexity index is 1440. The molecule has 0 unspecified atom stereocenters. The molecule has 2 heteroatoms. The van der Waals surface area contributed by atoms with E-state index in [-0.39, 0.29) is 0 Å². The standard InChI is InChI=1S/C34H34N2/c1-24(2)30-16-10-17-31(25(3)4)33(30)36(23-26-12-6-5-7-13-26)34-32(18-11-21-35-34)29-20-19-27-14-8-9-15-28(27)22-29/h5-22,24-25H,23H2,1-4H3. The van der Waals surface area contributed by atoms with E-state index in [4.69, 9.17) is 4.98 Å². The van der Waals surface area contributed by atoms with Gasteiger partial charge in [0, 0.05) is 24.0 Å². The SMILES string of the molecule is CC(C)c1cccc(C(C)C)c1N(Cc1ccccc1)c1ncccc1-c1ccc2ccccc2c1. The molecule has 0 saturated carbocycles. The van der Waals surface area contributed by atoms with Crippen LogP contribution in [0, 0.1) is 0 Å². The quantitative estimate of drug-likeness (QED) is 0.235. The highest BCUT2D eigenvalue weighted by molar-refractivity contribution is 5.90. The monoisotopic (exact) mass is 470 g/mol. The van der Waals surface area contributed by atoms with Crippen LogP contribution in [0.15, 0.2) is 109 Å². The zero-order valence-electron chi connectivity index (χ0n) is 21.6. The third-order valence-electron chi connectivity index (χ3n) is 6.90. The van der Waals surface area contributed by atoms with Gasteiger partial charge in [0.25, 0.3) is 0 Å². The van der Waals surface area contributed by atoms with Crippen LogP contribution >= 0.6 is 0 Å². The second-order valence-corrected chi connectivity index (χ2v) is 10.1. The maximum atomic E-state index is 5.03. The summed E-state index contributed by atoms with van der Waals surface area (Å²) in [5.74, 6) is 1.78. The molecule has 5 aromatic rings. The minimum Gasteiger partial charge on any atom is -0.321 e. The first-order chi connectivity index (χ1) is 17.5. The predicted molar refractivity (Wildman–Crippen MR) is 154 cm³/mol. The molecule has 0 bridgehead atoms. The maximum Gasteiger partial charge on any atom is 0.141 e. The molecule has 0 N–H and O–H groups in total. The molecule has 2 nitrogen and oxygen atoms in total. The lowest BCUT2D eigenvalue weighted by atomic mass is 9.91. The van der Waals surface area contributed by atoms with Gasteiger partial charge in [0.2, 0.25) is 0 Å². The molecule has 4 aromatic carbocycles. The first-order valence-corrected chi connectivity index (χ1v) is 12.9. The van der Waals surface area contributed by atoms with Crippen molar-refractivity contribution in [1.82, 2.24) is 4.98 Å². The number of aromatic nitrogens is 1. The van der Waals surface area contributed by atoms with E-state index >= 15 is 0 Å². The minimum absolute atomic E-state index is 0.393. The third kappa shape index (κ3) is 4.77. The summed E-state index contributed by atoms with van der Waals surface area (Å²) in [5, 5.41) is 2.49. The van der Waals surface area contributed by atoms with Crippen LogP contribution in [0.3, 0.4) is 0 Å². The summed E-state index contributed by atoms with van der Waals surface area (Å²) in [6.07, 6.45) is 1.92. The fourth-order valence-corrected chi connectivity index (χ4v) is 5.04. The molecule has 0 amide bonds. The molecular formula is C34H34N2. The van der Waals surface area contributed by atoms with Crippen LogP contribution < -0.4 is 4.90 Å². The van der Waals surface area contributed by atoms with Crippen LogP contribution in [-0.2, 0) is 6.54 Å². The van der Waals surface area contributed by atoms with E-state index in [0.717, 1.165) is 17.9 Å². The Morgan fingerprint density at radius 1 is 0.639 bits per heavy atom. The van der Waals surface area contributed by atoms with Crippen LogP contribution in [-0.4, -0.2) is 4.98 Å². The normalized spacial score (nSPS) is 11.4. The number of para-hydroxylation sites is 1. The van der Waals surface area contributed by atoms with Gasteiger partial charge in [-0.25, -0.2) is 4.98 Å². The summed E-state index contributed by atoms with van der Waals surface area (Å²) in [6, 6.07) is 37.0. The van der Waals surface area contributed by atoms with E-state index in [0.29, 0.717) is 11.8 Å². The van der Waals surface area contributed by atoms with Gasteiger partial charge >= 0.3 is 0 Å². The Labute approximate surface area is 215 Å². The molecule has 36 heavy (non-hydrogen) atoms. The van der Waals surface area contributed by atoms with E-state index in [1.165, 1.54) is 38.7 Å². The van der Waals surface area contributed by atoms with E-state index in [2.05, 4.69) is 130 Å². The number of benzene rings is 4. The number of anilines is 2. The van der Waals surface area contributed by atoms with Crippen molar-refractivity contribution in [3.05, 3.63) is 126 Å². The van der Waals surface area contributed by atoms with Crippen molar-refractivity contribution >= 4 is 22.3 Å². The Hall–Kier alpha value is -3.91. The van der Waals surface area contributed by atoms with Crippen LogP contribution in [0.2, 0.25) is 0 Å². The molecule has 1 heterocycles. The van der Waals surface area contributed by atoms with Crippen molar-refractivity contribution in [2.24, 2.45) is 0 Å². The molecule has 0 aliphatic carbocycles. The van der Waals surface area contributed by atoms with E-state index < -0.39 is 0 Å². The van der Waals surface area contributed by atoms with Crippen LogP contribution in [0.1, 0.15) is 56.2 Å². The van der Waals surface area contributed by atoms with Gasteiger partial charge in [0.05, 0.1) is 0 Å². The highest BCUT2D eigenvalue weighted by atomic mass is 15.2. The molecule has 1 aromatic heterocycles. The molecule has 0 atom stereocenters. The Kier molecular flexibility index (Phi) is 6.86. The number of rotatable bonds is 7. The Morgan fingerprint density at radius 2 is 1.31 bits per heavy atom. The number of hydrogen-bond acceptors (Lipinski definition) is 2. The van der Waals surface area contributed by atoms with Crippen LogP contribution in [0.5, 0.6) is 0 Å². The molecule has 0 aliphatic rings. The lowest BCUT2D eigenvalue weighted by Gasteiger charge is -2.32. The summed E-state index contributed by atoms with van der Waals surface area (Å²) < 4.78 is 0. The summed E-state index contributed by atoms with van der Waals surface area (Å²) >= 11 is 0. The van der Waals surface area contributed by atoms with Gasteiger partial charge in [-0.1, -0.05) is 113 Å². The molecule has 0 spiro atoms. The molecule has 5 rings (SSSR count). The van der Waals surface area contributed by atoms with E-state index in [1.807, 2.05) is 12.3 Å². The average molecular weight is 471 g/mol. The highest BCUT2D eigenvalue weighted by Gasteiger charge is 2.24. The average Bonchev–Trinajstić information content (AvgIpc) is 2.91. The van der Waals surface area contributed by atoms with Crippen LogP contribution in [0.25, 0.3) is 21.9 Å². The largest absolute Gasteiger partial charge is 0.321 e. The zero-order valence-corrected chi connectivity index (χ0v) is 21.6. The third-order valence-corrected chi connectivity index (χ3v) is 6.90. The number of nitrogens with zero attached hydrogens (tertiary/aromatic N) is 2. The number of pyridine rings is 1. The van der Waals surface area contributed by atoms with E-state index in [1.54, 1.807) is 0 Å². The predicted octanol–water partition coefficient (Wildman–Crippen LogP) is 9.49. The minimum atomic E-state index is 0.393. The van der Waals surface area contributed by atoms with Gasteiger partial charge in [-0.2, -0.15) is 0 Å². The van der Waals surface area contributed by atoms with Gasteiger partial charge in [-0.15, -0.1) is 0 Å². The summed E-state index contributed by atoms with van der Waals surface area (Å²) in [7, 11) is 0.